The molecule has 1 heterocycles. The minimum atomic E-state index is -0.507. The van der Waals surface area contributed by atoms with E-state index in [2.05, 4.69) is 5.32 Å². The Kier molecular flexibility index (Phi) is 6.18. The van der Waals surface area contributed by atoms with Crippen molar-refractivity contribution < 1.29 is 14.1 Å². The first kappa shape index (κ1) is 19.6. The number of hydrogen-bond donors (Lipinski definition) is 1. The number of nitro groups is 1. The summed E-state index contributed by atoms with van der Waals surface area (Å²) in [7, 11) is 0. The predicted octanol–water partition coefficient (Wildman–Crippen LogP) is 4.12. The summed E-state index contributed by atoms with van der Waals surface area (Å²) in [6.07, 6.45) is 1.96. The lowest BCUT2D eigenvalue weighted by Gasteiger charge is -2.04. The van der Waals surface area contributed by atoms with Crippen LogP contribution in [0.15, 0.2) is 76.7 Å². The van der Waals surface area contributed by atoms with Gasteiger partial charge in [-0.05, 0) is 30.2 Å². The molecule has 0 bridgehead atoms. The van der Waals surface area contributed by atoms with Crippen LogP contribution < -0.4 is 5.32 Å². The molecule has 3 aromatic rings. The molecule has 0 aliphatic rings. The minimum Gasteiger partial charge on any atom is -0.456 e. The van der Waals surface area contributed by atoms with E-state index in [1.54, 1.807) is 30.3 Å². The molecule has 0 aliphatic carbocycles. The van der Waals surface area contributed by atoms with Gasteiger partial charge in [-0.1, -0.05) is 42.5 Å². The molecule has 0 saturated carbocycles. The predicted molar refractivity (Wildman–Crippen MR) is 108 cm³/mol. The van der Waals surface area contributed by atoms with Gasteiger partial charge in [-0.25, -0.2) is 0 Å². The summed E-state index contributed by atoms with van der Waals surface area (Å²) in [6.45, 7) is 0.390. The SMILES string of the molecule is N#CC(=Cc1ccc(-c2ccccc2[N+](=O)[O-])o1)C(=O)NCCc1ccccc1. The van der Waals surface area contributed by atoms with Gasteiger partial charge in [-0.3, -0.25) is 14.9 Å². The lowest BCUT2D eigenvalue weighted by molar-refractivity contribution is -0.384. The lowest BCUT2D eigenvalue weighted by atomic mass is 10.1. The molecule has 1 amide bonds. The Morgan fingerprint density at radius 3 is 2.55 bits per heavy atom. The van der Waals surface area contributed by atoms with Gasteiger partial charge in [0.2, 0.25) is 0 Å². The smallest absolute Gasteiger partial charge is 0.280 e. The highest BCUT2D eigenvalue weighted by atomic mass is 16.6. The normalized spacial score (nSPS) is 10.9. The summed E-state index contributed by atoms with van der Waals surface area (Å²) in [5.74, 6) is 0.0327. The van der Waals surface area contributed by atoms with Gasteiger partial charge >= 0.3 is 0 Å². The molecule has 0 saturated heterocycles. The topological polar surface area (TPSA) is 109 Å². The van der Waals surface area contributed by atoms with Crippen molar-refractivity contribution >= 4 is 17.7 Å². The molecular weight excluding hydrogens is 370 g/mol. The van der Waals surface area contributed by atoms with E-state index in [4.69, 9.17) is 4.42 Å². The summed E-state index contributed by atoms with van der Waals surface area (Å²) in [6, 6.07) is 20.8. The van der Waals surface area contributed by atoms with E-state index >= 15 is 0 Å². The molecular formula is C22H17N3O4. The number of nitriles is 1. The Morgan fingerprint density at radius 1 is 1.10 bits per heavy atom. The van der Waals surface area contributed by atoms with E-state index in [0.29, 0.717) is 18.5 Å². The van der Waals surface area contributed by atoms with Crippen LogP contribution in [0.3, 0.4) is 0 Å². The zero-order chi connectivity index (χ0) is 20.6. The Bertz CT molecular complexity index is 1090. The average Bonchev–Trinajstić information content (AvgIpc) is 3.21. The van der Waals surface area contributed by atoms with Crippen LogP contribution in [-0.4, -0.2) is 17.4 Å². The van der Waals surface area contributed by atoms with Crippen LogP contribution in [0.2, 0.25) is 0 Å². The molecule has 2 aromatic carbocycles. The van der Waals surface area contributed by atoms with Crippen molar-refractivity contribution in [3.63, 3.8) is 0 Å². The molecule has 0 aliphatic heterocycles. The Hall–Kier alpha value is -4.18. The summed E-state index contributed by atoms with van der Waals surface area (Å²) in [4.78, 5) is 22.9. The summed E-state index contributed by atoms with van der Waals surface area (Å²) >= 11 is 0. The maximum atomic E-state index is 12.3. The number of benzene rings is 2. The van der Waals surface area contributed by atoms with Crippen LogP contribution in [0, 0.1) is 21.4 Å². The van der Waals surface area contributed by atoms with E-state index in [0.717, 1.165) is 5.56 Å². The first-order valence-electron chi connectivity index (χ1n) is 8.86. The molecule has 144 valence electrons. The van der Waals surface area contributed by atoms with Gasteiger partial charge in [0, 0.05) is 18.7 Å². The first-order valence-corrected chi connectivity index (χ1v) is 8.86. The molecule has 1 aromatic heterocycles. The van der Waals surface area contributed by atoms with Crippen molar-refractivity contribution in [3.05, 3.63) is 93.7 Å². The summed E-state index contributed by atoms with van der Waals surface area (Å²) in [5, 5.41) is 23.2. The van der Waals surface area contributed by atoms with Crippen molar-refractivity contribution in [1.82, 2.24) is 5.32 Å². The highest BCUT2D eigenvalue weighted by molar-refractivity contribution is 6.01. The van der Waals surface area contributed by atoms with Crippen LogP contribution >= 0.6 is 0 Å². The highest BCUT2D eigenvalue weighted by Crippen LogP contribution is 2.31. The monoisotopic (exact) mass is 387 g/mol. The van der Waals surface area contributed by atoms with Gasteiger partial charge in [-0.2, -0.15) is 5.26 Å². The number of hydrogen-bond acceptors (Lipinski definition) is 5. The maximum absolute atomic E-state index is 12.3. The van der Waals surface area contributed by atoms with Crippen LogP contribution in [0.5, 0.6) is 0 Å². The maximum Gasteiger partial charge on any atom is 0.280 e. The fourth-order valence-corrected chi connectivity index (χ4v) is 2.77. The quantitative estimate of drug-likeness (QED) is 0.284. The number of furan rings is 1. The number of amides is 1. The van der Waals surface area contributed by atoms with Crippen LogP contribution in [0.4, 0.5) is 5.69 Å². The summed E-state index contributed by atoms with van der Waals surface area (Å²) < 4.78 is 5.60. The van der Waals surface area contributed by atoms with Gasteiger partial charge in [-0.15, -0.1) is 0 Å². The van der Waals surface area contributed by atoms with E-state index < -0.39 is 10.8 Å². The van der Waals surface area contributed by atoms with E-state index in [9.17, 15) is 20.2 Å². The number of nitro benzene ring substituents is 1. The highest BCUT2D eigenvalue weighted by Gasteiger charge is 2.17. The van der Waals surface area contributed by atoms with Crippen molar-refractivity contribution in [2.75, 3.05) is 6.54 Å². The molecule has 7 nitrogen and oxygen atoms in total. The zero-order valence-electron chi connectivity index (χ0n) is 15.4. The Balaban J connectivity index is 1.71. The minimum absolute atomic E-state index is 0.0865. The van der Waals surface area contributed by atoms with E-state index in [1.165, 1.54) is 12.1 Å². The molecule has 3 rings (SSSR count). The van der Waals surface area contributed by atoms with Crippen LogP contribution in [-0.2, 0) is 11.2 Å². The number of carbonyl (C=O) groups excluding carboxylic acids is 1. The molecule has 0 atom stereocenters. The second-order valence-electron chi connectivity index (χ2n) is 6.14. The number of nitrogens with zero attached hydrogens (tertiary/aromatic N) is 2. The number of rotatable bonds is 7. The van der Waals surface area contributed by atoms with Crippen molar-refractivity contribution in [3.8, 4) is 17.4 Å². The second-order valence-corrected chi connectivity index (χ2v) is 6.14. The molecule has 0 radical (unpaired) electrons. The van der Waals surface area contributed by atoms with Gasteiger partial charge in [0.25, 0.3) is 11.6 Å². The van der Waals surface area contributed by atoms with E-state index in [1.807, 2.05) is 36.4 Å². The van der Waals surface area contributed by atoms with Crippen LogP contribution in [0.25, 0.3) is 17.4 Å². The van der Waals surface area contributed by atoms with Crippen molar-refractivity contribution in [2.45, 2.75) is 6.42 Å². The first-order chi connectivity index (χ1) is 14.1. The zero-order valence-corrected chi connectivity index (χ0v) is 15.4. The number of para-hydroxylation sites is 1. The Morgan fingerprint density at radius 2 is 1.83 bits per heavy atom. The average molecular weight is 387 g/mol. The fourth-order valence-electron chi connectivity index (χ4n) is 2.77. The fraction of sp³-hybridized carbons (Fsp3) is 0.0909. The lowest BCUT2D eigenvalue weighted by Crippen LogP contribution is -2.26. The van der Waals surface area contributed by atoms with Gasteiger partial charge in [0.15, 0.2) is 0 Å². The number of carbonyl (C=O) groups is 1. The number of nitrogens with one attached hydrogen (secondary N) is 1. The summed E-state index contributed by atoms with van der Waals surface area (Å²) in [5.41, 5.74) is 1.21. The third-order valence-electron chi connectivity index (χ3n) is 4.19. The third-order valence-corrected chi connectivity index (χ3v) is 4.19. The third kappa shape index (κ3) is 4.96. The molecule has 1 N–H and O–H groups in total. The Labute approximate surface area is 167 Å². The van der Waals surface area contributed by atoms with Gasteiger partial charge in [0.05, 0.1) is 10.5 Å². The molecule has 29 heavy (non-hydrogen) atoms. The standard InChI is InChI=1S/C22H17N3O4/c23-15-17(22(26)24-13-12-16-6-2-1-3-7-16)14-18-10-11-21(29-18)19-8-4-5-9-20(19)25(27)28/h1-11,14H,12-13H2,(H,24,26). The molecule has 7 heteroatoms. The molecule has 0 unspecified atom stereocenters. The second kappa shape index (κ2) is 9.15. The van der Waals surface area contributed by atoms with Gasteiger partial charge < -0.3 is 9.73 Å². The van der Waals surface area contributed by atoms with Crippen LogP contribution in [0.1, 0.15) is 11.3 Å². The molecule has 0 fully saturated rings. The van der Waals surface area contributed by atoms with Gasteiger partial charge in [0.1, 0.15) is 23.2 Å². The van der Waals surface area contributed by atoms with Crippen molar-refractivity contribution in [2.24, 2.45) is 0 Å². The van der Waals surface area contributed by atoms with E-state index in [-0.39, 0.29) is 22.8 Å². The van der Waals surface area contributed by atoms with Crippen molar-refractivity contribution in [1.29, 1.82) is 5.26 Å². The largest absolute Gasteiger partial charge is 0.456 e. The molecule has 0 spiro atoms.